The first-order chi connectivity index (χ1) is 4.81. The van der Waals surface area contributed by atoms with Crippen molar-refractivity contribution >= 4 is 0 Å². The maximum atomic E-state index is 10.2. The predicted molar refractivity (Wildman–Crippen MR) is 40.4 cm³/mol. The minimum Gasteiger partial charge on any atom is -0.381 e. The highest BCUT2D eigenvalue weighted by molar-refractivity contribution is 4.45. The van der Waals surface area contributed by atoms with E-state index in [-0.39, 0.29) is 12.5 Å². The Kier molecular flexibility index (Phi) is 6.98. The summed E-state index contributed by atoms with van der Waals surface area (Å²) < 4.78 is 5.23. The van der Waals surface area contributed by atoms with Gasteiger partial charge >= 0.3 is 0 Å². The molecular weight excluding hydrogens is 128 g/mol. The summed E-state index contributed by atoms with van der Waals surface area (Å²) in [4.78, 5) is 0. The van der Waals surface area contributed by atoms with Crippen LogP contribution in [0.3, 0.4) is 0 Å². The Labute approximate surface area is 63.2 Å². The maximum absolute atomic E-state index is 10.2. The molecule has 2 nitrogen and oxygen atoms in total. The molecule has 1 unspecified atom stereocenters. The van der Waals surface area contributed by atoms with Gasteiger partial charge in [-0.05, 0) is 6.42 Å². The van der Waals surface area contributed by atoms with Crippen LogP contribution in [-0.4, -0.2) is 19.8 Å². The van der Waals surface area contributed by atoms with Crippen LogP contribution in [0.25, 0.3) is 0 Å². The van der Waals surface area contributed by atoms with Crippen LogP contribution in [0.1, 0.15) is 26.7 Å². The summed E-state index contributed by atoms with van der Waals surface area (Å²) in [6, 6.07) is 0. The first-order valence-corrected chi connectivity index (χ1v) is 3.97. The van der Waals surface area contributed by atoms with Crippen molar-refractivity contribution in [3.05, 3.63) is 0 Å². The Balaban J connectivity index is 2.89. The molecule has 0 aromatic rings. The molecule has 0 spiro atoms. The fourth-order valence-electron chi connectivity index (χ4n) is 0.579. The lowest BCUT2D eigenvalue weighted by atomic mass is 10.2. The first-order valence-electron chi connectivity index (χ1n) is 3.97. The van der Waals surface area contributed by atoms with Gasteiger partial charge in [-0.3, -0.25) is 0 Å². The van der Waals surface area contributed by atoms with Gasteiger partial charge in [-0.1, -0.05) is 20.3 Å². The third-order valence-electron chi connectivity index (χ3n) is 1.33. The Morgan fingerprint density at radius 2 is 2.20 bits per heavy atom. The minimum atomic E-state index is -0.0217. The Hall–Kier alpha value is -0.0800. The van der Waals surface area contributed by atoms with Gasteiger partial charge < -0.3 is 4.74 Å². The van der Waals surface area contributed by atoms with Crippen LogP contribution >= 0.6 is 0 Å². The summed E-state index contributed by atoms with van der Waals surface area (Å²) in [6.45, 7) is 5.45. The molecule has 0 saturated carbocycles. The normalized spacial score (nSPS) is 13.5. The molecule has 10 heavy (non-hydrogen) atoms. The van der Waals surface area contributed by atoms with Gasteiger partial charge in [0, 0.05) is 12.5 Å². The largest absolute Gasteiger partial charge is 0.381 e. The second kappa shape index (κ2) is 7.03. The lowest BCUT2D eigenvalue weighted by Gasteiger charge is -2.06. The van der Waals surface area contributed by atoms with Crippen LogP contribution in [0, 0.1) is 5.92 Å². The van der Waals surface area contributed by atoms with Crippen molar-refractivity contribution in [3.63, 3.8) is 0 Å². The molecule has 0 amide bonds. The predicted octanol–water partition coefficient (Wildman–Crippen LogP) is 1.87. The first kappa shape index (κ1) is 9.92. The summed E-state index contributed by atoms with van der Waals surface area (Å²) in [6.07, 6.45) is 2.26. The van der Waals surface area contributed by atoms with E-state index in [1.54, 1.807) is 0 Å². The Bertz CT molecular complexity index is 64.3. The number of rotatable bonds is 6. The van der Waals surface area contributed by atoms with Gasteiger partial charge in [0.15, 0.2) is 0 Å². The van der Waals surface area contributed by atoms with Crippen molar-refractivity contribution in [1.82, 2.24) is 0 Å². The molecule has 61 valence electrons. The molecule has 0 aliphatic carbocycles. The van der Waals surface area contributed by atoms with Gasteiger partial charge in [-0.2, -0.15) is 0 Å². The van der Waals surface area contributed by atoms with E-state index < -0.39 is 0 Å². The van der Waals surface area contributed by atoms with E-state index in [0.29, 0.717) is 6.61 Å². The zero-order valence-electron chi connectivity index (χ0n) is 6.93. The summed E-state index contributed by atoms with van der Waals surface area (Å²) >= 11 is 0. The highest BCUT2D eigenvalue weighted by Gasteiger charge is 1.98. The highest BCUT2D eigenvalue weighted by Crippen LogP contribution is 1.95. The monoisotopic (exact) mass is 145 g/mol. The summed E-state index contributed by atoms with van der Waals surface area (Å²) in [5.74, 6) is 0.178. The lowest BCUT2D eigenvalue weighted by molar-refractivity contribution is 0.0581. The molecule has 0 saturated heterocycles. The smallest absolute Gasteiger partial charge is 0.0869 e. The molecule has 2 heteroatoms. The zero-order valence-corrected chi connectivity index (χ0v) is 6.93. The van der Waals surface area contributed by atoms with Crippen LogP contribution in [0.2, 0.25) is 0 Å². The summed E-state index contributed by atoms with van der Waals surface area (Å²) in [5.41, 5.74) is 0. The molecule has 1 radical (unpaired) electrons. The molecule has 0 N–H and O–H groups in total. The number of hydrogen-bond acceptors (Lipinski definition) is 1. The van der Waals surface area contributed by atoms with Gasteiger partial charge in [0.05, 0.1) is 13.2 Å². The van der Waals surface area contributed by atoms with Crippen LogP contribution in [-0.2, 0) is 9.84 Å². The third kappa shape index (κ3) is 6.05. The van der Waals surface area contributed by atoms with Crippen molar-refractivity contribution < 1.29 is 9.84 Å². The average Bonchev–Trinajstić information content (AvgIpc) is 1.98. The van der Waals surface area contributed by atoms with Crippen molar-refractivity contribution in [2.45, 2.75) is 26.7 Å². The maximum Gasteiger partial charge on any atom is 0.0869 e. The van der Waals surface area contributed by atoms with E-state index >= 15 is 0 Å². The molecule has 1 atom stereocenters. The van der Waals surface area contributed by atoms with Crippen molar-refractivity contribution in [2.24, 2.45) is 5.92 Å². The van der Waals surface area contributed by atoms with Crippen molar-refractivity contribution in [2.75, 3.05) is 19.8 Å². The van der Waals surface area contributed by atoms with Gasteiger partial charge in [0.25, 0.3) is 0 Å². The quantitative estimate of drug-likeness (QED) is 0.524. The second-order valence-electron chi connectivity index (χ2n) is 2.70. The lowest BCUT2D eigenvalue weighted by Crippen LogP contribution is -2.09. The number of ether oxygens (including phenoxy) is 1. The molecule has 0 aliphatic heterocycles. The van der Waals surface area contributed by atoms with Crippen LogP contribution in [0.5, 0.6) is 0 Å². The topological polar surface area (TPSA) is 29.1 Å². The standard InChI is InChI=1S/C8H17O2/c1-3-4-5-10-7-8(2)6-9/h8H,3-7H2,1-2H3. The van der Waals surface area contributed by atoms with Gasteiger partial charge in [-0.25, -0.2) is 5.11 Å². The number of hydrogen-bond donors (Lipinski definition) is 0. The van der Waals surface area contributed by atoms with Crippen LogP contribution in [0.4, 0.5) is 0 Å². The fraction of sp³-hybridized carbons (Fsp3) is 1.00. The highest BCUT2D eigenvalue weighted by atomic mass is 16.5. The van der Waals surface area contributed by atoms with Crippen LogP contribution in [0.15, 0.2) is 0 Å². The van der Waals surface area contributed by atoms with Crippen molar-refractivity contribution in [3.8, 4) is 0 Å². The minimum absolute atomic E-state index is 0.0217. The molecule has 0 aliphatic rings. The molecule has 0 bridgehead atoms. The second-order valence-corrected chi connectivity index (χ2v) is 2.70. The molecular formula is C8H17O2. The number of unbranched alkanes of at least 4 members (excludes halogenated alkanes) is 1. The van der Waals surface area contributed by atoms with E-state index in [4.69, 9.17) is 4.74 Å². The van der Waals surface area contributed by atoms with Gasteiger partial charge in [0.1, 0.15) is 0 Å². The summed E-state index contributed by atoms with van der Waals surface area (Å²) in [7, 11) is 0. The van der Waals surface area contributed by atoms with E-state index in [1.807, 2.05) is 6.92 Å². The van der Waals surface area contributed by atoms with E-state index in [9.17, 15) is 5.11 Å². The van der Waals surface area contributed by atoms with E-state index in [2.05, 4.69) is 6.92 Å². The third-order valence-corrected chi connectivity index (χ3v) is 1.33. The summed E-state index contributed by atoms with van der Waals surface area (Å²) in [5, 5.41) is 10.2. The van der Waals surface area contributed by atoms with Gasteiger partial charge in [-0.15, -0.1) is 0 Å². The fourth-order valence-corrected chi connectivity index (χ4v) is 0.579. The SMILES string of the molecule is CCCCOCC(C)C[O]. The van der Waals surface area contributed by atoms with E-state index in [1.165, 1.54) is 0 Å². The zero-order chi connectivity index (χ0) is 7.82. The Morgan fingerprint density at radius 3 is 2.70 bits per heavy atom. The van der Waals surface area contributed by atoms with E-state index in [0.717, 1.165) is 19.4 Å². The molecule has 0 heterocycles. The average molecular weight is 145 g/mol. The Morgan fingerprint density at radius 1 is 1.50 bits per heavy atom. The van der Waals surface area contributed by atoms with Crippen LogP contribution < -0.4 is 0 Å². The van der Waals surface area contributed by atoms with Crippen molar-refractivity contribution in [1.29, 1.82) is 0 Å². The molecule has 0 fully saturated rings. The van der Waals surface area contributed by atoms with Gasteiger partial charge in [0.2, 0.25) is 0 Å². The molecule has 0 aromatic heterocycles. The molecule has 0 rings (SSSR count). The molecule has 0 aromatic carbocycles.